The molecule has 1 fully saturated rings. The zero-order chi connectivity index (χ0) is 38.6. The second-order valence-electron chi connectivity index (χ2n) is 12.4. The third-order valence-corrected chi connectivity index (χ3v) is 9.16. The number of rotatable bonds is 15. The molecule has 22 nitrogen and oxygen atoms in total. The number of fused-ring (bicyclic) bond motifs is 1. The summed E-state index contributed by atoms with van der Waals surface area (Å²) in [5.41, 5.74) is 4.76. The Morgan fingerprint density at radius 1 is 1.11 bits per heavy atom. The van der Waals surface area contributed by atoms with E-state index in [1.807, 2.05) is 0 Å². The van der Waals surface area contributed by atoms with Gasteiger partial charge in [-0.05, 0) is 43.5 Å². The number of aromatic nitrogens is 4. The molecule has 11 N–H and O–H groups in total. The van der Waals surface area contributed by atoms with E-state index in [0.29, 0.717) is 24.2 Å². The van der Waals surface area contributed by atoms with Crippen LogP contribution in [0, 0.1) is 0 Å². The predicted octanol–water partition coefficient (Wildman–Crippen LogP) is -1.56. The van der Waals surface area contributed by atoms with Gasteiger partial charge in [0, 0.05) is 42.9 Å². The largest absolute Gasteiger partial charge is 0.481 e. The number of phosphoric acid groups is 1. The number of nitrogens with two attached hydrogens (primary N) is 1. The van der Waals surface area contributed by atoms with Gasteiger partial charge in [-0.1, -0.05) is 0 Å². The lowest BCUT2D eigenvalue weighted by Crippen LogP contribution is -2.47. The molecule has 0 spiro atoms. The number of aryl methyl sites for hydroxylation is 1. The SMILES string of the molecule is Nc1nc2c(c(=O)[nH]1)N(Cc1cn([C@@H]3C[C@@H](O)[C@@H](COP(=O)(O)O)O3)c(=O)[nH]c1=O)[C@H](CNc1ccc(C(=O)N[C@@H](CCC(=O)O)C(=O)O)cc1)CC2. The van der Waals surface area contributed by atoms with Gasteiger partial charge in [0.25, 0.3) is 17.0 Å². The number of aliphatic hydroxyl groups is 1. The van der Waals surface area contributed by atoms with E-state index in [0.717, 1.165) is 4.57 Å². The molecule has 2 aromatic heterocycles. The summed E-state index contributed by atoms with van der Waals surface area (Å²) >= 11 is 0. The van der Waals surface area contributed by atoms with E-state index in [4.69, 9.17) is 25.4 Å². The molecule has 0 saturated carbocycles. The molecule has 0 aliphatic carbocycles. The number of amides is 1. The van der Waals surface area contributed by atoms with E-state index in [-0.39, 0.29) is 48.7 Å². The molecule has 1 aromatic carbocycles. The number of ether oxygens (including phenoxy) is 1. The fourth-order valence-corrected chi connectivity index (χ4v) is 6.39. The predicted molar refractivity (Wildman–Crippen MR) is 182 cm³/mol. The van der Waals surface area contributed by atoms with Crippen molar-refractivity contribution in [3.8, 4) is 0 Å². The highest BCUT2D eigenvalue weighted by Gasteiger charge is 2.38. The van der Waals surface area contributed by atoms with Crippen molar-refractivity contribution in [3.63, 3.8) is 0 Å². The van der Waals surface area contributed by atoms with Crippen LogP contribution in [0.4, 0.5) is 17.3 Å². The van der Waals surface area contributed by atoms with Crippen molar-refractivity contribution in [1.82, 2.24) is 24.8 Å². The molecule has 53 heavy (non-hydrogen) atoms. The third-order valence-electron chi connectivity index (χ3n) is 8.67. The molecular weight excluding hydrogens is 727 g/mol. The quantitative estimate of drug-likeness (QED) is 0.0782. The summed E-state index contributed by atoms with van der Waals surface area (Å²) in [6.45, 7) is -0.683. The molecule has 23 heteroatoms. The van der Waals surface area contributed by atoms with Gasteiger partial charge in [-0.15, -0.1) is 0 Å². The second kappa shape index (κ2) is 16.1. The van der Waals surface area contributed by atoms with Gasteiger partial charge in [0.05, 0.1) is 30.5 Å². The summed E-state index contributed by atoms with van der Waals surface area (Å²) in [5, 5.41) is 34.1. The molecule has 3 aromatic rings. The Labute approximate surface area is 297 Å². The Kier molecular flexibility index (Phi) is 11.8. The average Bonchev–Trinajstić information content (AvgIpc) is 3.45. The maximum atomic E-state index is 13.2. The smallest absolute Gasteiger partial charge is 0.469 e. The number of carboxylic acids is 2. The minimum Gasteiger partial charge on any atom is -0.481 e. The summed E-state index contributed by atoms with van der Waals surface area (Å²) in [7, 11) is -4.87. The van der Waals surface area contributed by atoms with E-state index in [9.17, 15) is 43.5 Å². The van der Waals surface area contributed by atoms with Crippen LogP contribution < -0.4 is 38.1 Å². The van der Waals surface area contributed by atoms with Gasteiger partial charge in [0.15, 0.2) is 0 Å². The van der Waals surface area contributed by atoms with Crippen LogP contribution in [-0.4, -0.2) is 99.9 Å². The number of carbonyl (C=O) groups excluding carboxylic acids is 1. The fraction of sp³-hybridized carbons (Fsp3) is 0.433. The zero-order valence-electron chi connectivity index (χ0n) is 27.7. The van der Waals surface area contributed by atoms with Crippen LogP contribution in [0.5, 0.6) is 0 Å². The minimum absolute atomic E-state index is 0.0186. The van der Waals surface area contributed by atoms with Crippen LogP contribution in [0.15, 0.2) is 44.8 Å². The first kappa shape index (κ1) is 38.8. The monoisotopic (exact) mass is 764 g/mol. The van der Waals surface area contributed by atoms with Gasteiger partial charge in [-0.3, -0.25) is 38.2 Å². The maximum absolute atomic E-state index is 13.2. The van der Waals surface area contributed by atoms with Crippen LogP contribution >= 0.6 is 7.82 Å². The van der Waals surface area contributed by atoms with Crippen LogP contribution in [0.25, 0.3) is 0 Å². The van der Waals surface area contributed by atoms with Crippen molar-refractivity contribution in [2.75, 3.05) is 29.1 Å². The first-order chi connectivity index (χ1) is 25.0. The van der Waals surface area contributed by atoms with E-state index in [1.54, 1.807) is 17.0 Å². The van der Waals surface area contributed by atoms with E-state index in [2.05, 4.69) is 30.1 Å². The Bertz CT molecular complexity index is 2080. The topological polar surface area (TPSA) is 342 Å². The number of hydrogen-bond donors (Lipinski definition) is 10. The van der Waals surface area contributed by atoms with Crippen LogP contribution in [0.1, 0.15) is 53.5 Å². The van der Waals surface area contributed by atoms with Crippen molar-refractivity contribution >= 4 is 43.0 Å². The van der Waals surface area contributed by atoms with E-state index >= 15 is 0 Å². The van der Waals surface area contributed by atoms with Crippen LogP contribution in [0.3, 0.4) is 0 Å². The molecule has 2 aliphatic heterocycles. The summed E-state index contributed by atoms with van der Waals surface area (Å²) in [6, 6.07) is 4.14. The number of benzene rings is 1. The van der Waals surface area contributed by atoms with E-state index < -0.39 is 86.0 Å². The molecule has 0 radical (unpaired) electrons. The van der Waals surface area contributed by atoms with Crippen molar-refractivity contribution in [2.24, 2.45) is 0 Å². The number of H-pyrrole nitrogens is 2. The minimum atomic E-state index is -4.87. The highest BCUT2D eigenvalue weighted by atomic mass is 31.2. The summed E-state index contributed by atoms with van der Waals surface area (Å²) in [5.74, 6) is -3.40. The molecule has 0 bridgehead atoms. The second-order valence-corrected chi connectivity index (χ2v) is 13.6. The number of aromatic amines is 2. The number of nitrogen functional groups attached to an aromatic ring is 1. The number of aliphatic hydroxyl groups excluding tert-OH is 1. The first-order valence-electron chi connectivity index (χ1n) is 16.1. The maximum Gasteiger partial charge on any atom is 0.469 e. The number of nitrogens with one attached hydrogen (secondary N) is 4. The lowest BCUT2D eigenvalue weighted by atomic mass is 9.99. The Balaban J connectivity index is 1.34. The number of nitrogens with zero attached hydrogens (tertiary/aromatic N) is 3. The highest BCUT2D eigenvalue weighted by molar-refractivity contribution is 7.46. The Morgan fingerprint density at radius 3 is 2.49 bits per heavy atom. The fourth-order valence-electron chi connectivity index (χ4n) is 6.05. The molecule has 2 aliphatic rings. The van der Waals surface area contributed by atoms with Gasteiger partial charge in [-0.25, -0.2) is 19.1 Å². The molecule has 1 saturated heterocycles. The molecule has 5 rings (SSSR count). The third kappa shape index (κ3) is 9.74. The van der Waals surface area contributed by atoms with Crippen LogP contribution in [0.2, 0.25) is 0 Å². The van der Waals surface area contributed by atoms with Crippen molar-refractivity contribution in [2.45, 2.75) is 69.2 Å². The summed E-state index contributed by atoms with van der Waals surface area (Å²) < 4.78 is 22.2. The lowest BCUT2D eigenvalue weighted by molar-refractivity contribution is -0.140. The van der Waals surface area contributed by atoms with Gasteiger partial charge >= 0.3 is 25.5 Å². The van der Waals surface area contributed by atoms with Crippen LogP contribution in [-0.2, 0) is 36.4 Å². The van der Waals surface area contributed by atoms with Gasteiger partial charge in [-0.2, -0.15) is 0 Å². The number of carboxylic acid groups (broad SMARTS) is 2. The summed E-state index contributed by atoms with van der Waals surface area (Å²) in [4.78, 5) is 103. The first-order valence-corrected chi connectivity index (χ1v) is 17.6. The molecule has 0 unspecified atom stereocenters. The molecular formula is C30H37N8O14P. The number of hydrogen-bond acceptors (Lipinski definition) is 14. The normalized spacial score (nSPS) is 20.4. The molecule has 1 amide bonds. The van der Waals surface area contributed by atoms with Crippen molar-refractivity contribution < 1.29 is 53.3 Å². The number of aliphatic carboxylic acids is 2. The number of anilines is 3. The molecule has 286 valence electrons. The Morgan fingerprint density at radius 2 is 1.83 bits per heavy atom. The zero-order valence-corrected chi connectivity index (χ0v) is 28.6. The molecule has 4 heterocycles. The van der Waals surface area contributed by atoms with Gasteiger partial charge in [0.1, 0.15) is 24.1 Å². The average molecular weight is 765 g/mol. The standard InChI is InChI=1S/C30H37N8O14P/c31-29-34-18-6-5-17(10-32-16-3-1-14(2-4-16)25(42)33-19(28(45)46)7-8-23(40)41)37(24(18)27(44)35-29)11-15-12-38(30(47)36-26(15)43)22-9-20(39)21(52-22)13-51-53(48,49)50/h1-4,12,17,19-22,32,39H,5-11,13H2,(H,33,42)(H,40,41)(H,45,46)(H,36,43,47)(H2,48,49,50)(H3,31,34,35,44)/t17-,19-,20+,21+,22-/m0/s1. The van der Waals surface area contributed by atoms with Crippen molar-refractivity contribution in [1.29, 1.82) is 0 Å². The van der Waals surface area contributed by atoms with Gasteiger partial charge in [0.2, 0.25) is 5.95 Å². The van der Waals surface area contributed by atoms with Crippen molar-refractivity contribution in [3.05, 3.63) is 78.5 Å². The number of carbonyl (C=O) groups is 3. The lowest BCUT2D eigenvalue weighted by Gasteiger charge is -2.38. The van der Waals surface area contributed by atoms with E-state index in [1.165, 1.54) is 18.3 Å². The van der Waals surface area contributed by atoms with Gasteiger partial charge < -0.3 is 51.1 Å². The molecule has 5 atom stereocenters. The number of phosphoric ester groups is 1. The Hall–Kier alpha value is -5.38. The summed E-state index contributed by atoms with van der Waals surface area (Å²) in [6.07, 6.45) is -2.53. The highest BCUT2D eigenvalue weighted by Crippen LogP contribution is 2.38.